The lowest BCUT2D eigenvalue weighted by atomic mass is 10.0. The number of aliphatic hydroxyl groups excluding tert-OH is 1. The molecule has 0 spiro atoms. The molecule has 45 heavy (non-hydrogen) atoms. The topological polar surface area (TPSA) is 91.3 Å². The van der Waals surface area contributed by atoms with Gasteiger partial charge in [-0.05, 0) is 61.1 Å². The predicted octanol–water partition coefficient (Wildman–Crippen LogP) is 7.38. The van der Waals surface area contributed by atoms with E-state index in [2.05, 4.69) is 15.0 Å². The summed E-state index contributed by atoms with van der Waals surface area (Å²) in [4.78, 5) is 4.56. The number of alkyl halides is 3. The normalized spacial score (nSPS) is 21.0. The molecule has 6 rings (SSSR count). The van der Waals surface area contributed by atoms with Gasteiger partial charge in [-0.15, -0.1) is 11.3 Å². The number of nitrogens with zero attached hydrogens (tertiary/aromatic N) is 1. The van der Waals surface area contributed by atoms with Crippen LogP contribution in [0.3, 0.4) is 0 Å². The quantitative estimate of drug-likeness (QED) is 0.176. The molecule has 1 saturated heterocycles. The number of hydrogen-bond donors (Lipinski definition) is 3. The van der Waals surface area contributed by atoms with Crippen LogP contribution >= 0.6 is 11.3 Å². The molecule has 3 N–H and O–H groups in total. The van der Waals surface area contributed by atoms with Crippen molar-refractivity contribution < 1.29 is 26.7 Å². The number of anilines is 1. The molecule has 4 aromatic rings. The van der Waals surface area contributed by atoms with Gasteiger partial charge < -0.3 is 10.4 Å². The molecule has 11 heteroatoms. The third-order valence-corrected chi connectivity index (χ3v) is 10.8. The van der Waals surface area contributed by atoms with Gasteiger partial charge in [0.25, 0.3) is 0 Å². The first-order chi connectivity index (χ1) is 21.5. The summed E-state index contributed by atoms with van der Waals surface area (Å²) in [6, 6.07) is 22.1. The second-order valence-corrected chi connectivity index (χ2v) is 14.1. The van der Waals surface area contributed by atoms with E-state index < -0.39 is 33.1 Å². The number of sulfonamides is 1. The summed E-state index contributed by atoms with van der Waals surface area (Å²) in [7, 11) is -3.70. The van der Waals surface area contributed by atoms with Crippen molar-refractivity contribution in [3.63, 3.8) is 0 Å². The van der Waals surface area contributed by atoms with Gasteiger partial charge >= 0.3 is 6.18 Å². The minimum absolute atomic E-state index is 0.00159. The largest absolute Gasteiger partial charge is 0.416 e. The SMILES string of the molecule is O=S(=O)(Nc1ccc(C[C@@H]2CC[C@H]([C@H](O)c3ccccc3)N2)cc1)C1C=CC(c2nc(-c3ccc(C(F)(F)F)cc3)cs2)=CC1. The number of nitrogens with one attached hydrogen (secondary N) is 2. The summed E-state index contributed by atoms with van der Waals surface area (Å²) in [5.74, 6) is 0. The third-order valence-electron chi connectivity index (χ3n) is 8.21. The van der Waals surface area contributed by atoms with E-state index in [1.807, 2.05) is 48.5 Å². The first-order valence-electron chi connectivity index (χ1n) is 14.7. The summed E-state index contributed by atoms with van der Waals surface area (Å²) in [5, 5.41) is 16.0. The highest BCUT2D eigenvalue weighted by Gasteiger charge is 2.31. The molecular weight excluding hydrogens is 620 g/mol. The van der Waals surface area contributed by atoms with Crippen LogP contribution in [-0.4, -0.2) is 35.8 Å². The molecule has 1 fully saturated rings. The van der Waals surface area contributed by atoms with E-state index in [1.54, 1.807) is 29.7 Å². The van der Waals surface area contributed by atoms with Gasteiger partial charge in [0.1, 0.15) is 10.3 Å². The van der Waals surface area contributed by atoms with Gasteiger partial charge in [0.15, 0.2) is 0 Å². The summed E-state index contributed by atoms with van der Waals surface area (Å²) in [5.41, 5.74) is 3.66. The Bertz CT molecular complexity index is 1790. The van der Waals surface area contributed by atoms with Crippen LogP contribution < -0.4 is 10.0 Å². The van der Waals surface area contributed by atoms with Crippen molar-refractivity contribution in [3.05, 3.63) is 124 Å². The van der Waals surface area contributed by atoms with Gasteiger partial charge in [-0.2, -0.15) is 13.2 Å². The summed E-state index contributed by atoms with van der Waals surface area (Å²) < 4.78 is 67.6. The maximum absolute atomic E-state index is 13.1. The maximum Gasteiger partial charge on any atom is 0.416 e. The second-order valence-electron chi connectivity index (χ2n) is 11.4. The molecule has 0 amide bonds. The van der Waals surface area contributed by atoms with Crippen LogP contribution in [0.25, 0.3) is 16.8 Å². The highest BCUT2D eigenvalue weighted by atomic mass is 32.2. The first kappa shape index (κ1) is 31.2. The van der Waals surface area contributed by atoms with Crippen molar-refractivity contribution in [2.75, 3.05) is 4.72 Å². The molecule has 0 saturated carbocycles. The Balaban J connectivity index is 1.02. The highest BCUT2D eigenvalue weighted by Crippen LogP contribution is 2.34. The second kappa shape index (κ2) is 12.9. The van der Waals surface area contributed by atoms with Crippen LogP contribution in [0.1, 0.15) is 47.1 Å². The van der Waals surface area contributed by atoms with Crippen molar-refractivity contribution in [3.8, 4) is 11.3 Å². The zero-order chi connectivity index (χ0) is 31.6. The van der Waals surface area contributed by atoms with E-state index >= 15 is 0 Å². The number of benzene rings is 3. The fourth-order valence-electron chi connectivity index (χ4n) is 5.73. The summed E-state index contributed by atoms with van der Waals surface area (Å²) in [6.45, 7) is 0. The Morgan fingerprint density at radius 3 is 2.40 bits per heavy atom. The number of aliphatic hydroxyl groups is 1. The zero-order valence-corrected chi connectivity index (χ0v) is 25.7. The number of rotatable bonds is 9. The van der Waals surface area contributed by atoms with Crippen molar-refractivity contribution in [1.82, 2.24) is 10.3 Å². The standard InChI is InChI=1S/C34H32F3N3O3S2/c35-34(36,37)26-12-8-23(9-13-26)31-21-44-33(39-31)25-10-17-29(18-11-25)45(42,43)40-27-14-6-22(7-15-27)20-28-16-19-30(38-28)32(41)24-4-2-1-3-5-24/h1-15,17,21,28-30,32,38,40-41H,16,18-20H2/t28-,29?,30+,32+/m0/s1. The van der Waals surface area contributed by atoms with Gasteiger partial charge in [0.2, 0.25) is 10.0 Å². The third kappa shape index (κ3) is 7.38. The number of thiazole rings is 1. The van der Waals surface area contributed by atoms with Crippen LogP contribution in [-0.2, 0) is 22.6 Å². The molecular formula is C34H32F3N3O3S2. The van der Waals surface area contributed by atoms with Gasteiger partial charge in [-0.3, -0.25) is 4.72 Å². The van der Waals surface area contributed by atoms with Gasteiger partial charge in [0, 0.05) is 34.3 Å². The monoisotopic (exact) mass is 651 g/mol. The lowest BCUT2D eigenvalue weighted by molar-refractivity contribution is -0.137. The molecule has 1 aliphatic carbocycles. The van der Waals surface area contributed by atoms with Gasteiger partial charge in [-0.1, -0.05) is 72.8 Å². The zero-order valence-electron chi connectivity index (χ0n) is 24.1. The molecule has 0 bridgehead atoms. The van der Waals surface area contributed by atoms with E-state index in [0.29, 0.717) is 22.0 Å². The van der Waals surface area contributed by atoms with E-state index in [4.69, 9.17) is 0 Å². The van der Waals surface area contributed by atoms with Crippen LogP contribution in [0.4, 0.5) is 18.9 Å². The molecule has 234 valence electrons. The number of hydrogen-bond acceptors (Lipinski definition) is 6. The van der Waals surface area contributed by atoms with Gasteiger partial charge in [-0.25, -0.2) is 13.4 Å². The van der Waals surface area contributed by atoms with Crippen LogP contribution in [0.2, 0.25) is 0 Å². The molecule has 3 aromatic carbocycles. The predicted molar refractivity (Wildman–Crippen MR) is 172 cm³/mol. The molecule has 1 unspecified atom stereocenters. The summed E-state index contributed by atoms with van der Waals surface area (Å²) in [6.07, 6.45) is 3.10. The number of halogens is 3. The molecule has 1 aromatic heterocycles. The Kier molecular flexibility index (Phi) is 8.96. The Labute approximate surface area is 264 Å². The minimum atomic E-state index is -4.40. The first-order valence-corrected chi connectivity index (χ1v) is 17.1. The number of allylic oxidation sites excluding steroid dienone is 3. The Hall–Kier alpha value is -3.77. The average Bonchev–Trinajstić information content (AvgIpc) is 3.72. The smallest absolute Gasteiger partial charge is 0.387 e. The lowest BCUT2D eigenvalue weighted by Crippen LogP contribution is -2.35. The summed E-state index contributed by atoms with van der Waals surface area (Å²) >= 11 is 1.35. The fraction of sp³-hybridized carbons (Fsp3) is 0.265. The molecule has 2 heterocycles. The van der Waals surface area contributed by atoms with E-state index in [-0.39, 0.29) is 18.5 Å². The Morgan fingerprint density at radius 2 is 1.73 bits per heavy atom. The van der Waals surface area contributed by atoms with Crippen molar-refractivity contribution in [2.45, 2.75) is 55.3 Å². The average molecular weight is 652 g/mol. The van der Waals surface area contributed by atoms with Crippen LogP contribution in [0.5, 0.6) is 0 Å². The highest BCUT2D eigenvalue weighted by molar-refractivity contribution is 7.93. The molecule has 4 atom stereocenters. The van der Waals surface area contributed by atoms with Gasteiger partial charge in [0.05, 0.1) is 17.4 Å². The molecule has 0 radical (unpaired) electrons. The van der Waals surface area contributed by atoms with E-state index in [9.17, 15) is 26.7 Å². The molecule has 6 nitrogen and oxygen atoms in total. The minimum Gasteiger partial charge on any atom is -0.387 e. The Morgan fingerprint density at radius 1 is 1.00 bits per heavy atom. The van der Waals surface area contributed by atoms with Crippen molar-refractivity contribution in [2.24, 2.45) is 0 Å². The van der Waals surface area contributed by atoms with Crippen molar-refractivity contribution >= 4 is 32.6 Å². The number of aromatic nitrogens is 1. The van der Waals surface area contributed by atoms with E-state index in [1.165, 1.54) is 23.5 Å². The lowest BCUT2D eigenvalue weighted by Gasteiger charge is -2.20. The maximum atomic E-state index is 13.1. The van der Waals surface area contributed by atoms with Crippen molar-refractivity contribution in [1.29, 1.82) is 0 Å². The molecule has 1 aliphatic heterocycles. The molecule has 2 aliphatic rings. The van der Waals surface area contributed by atoms with Crippen LogP contribution in [0, 0.1) is 0 Å². The fourth-order valence-corrected chi connectivity index (χ4v) is 7.84. The van der Waals surface area contributed by atoms with E-state index in [0.717, 1.165) is 48.1 Å². The van der Waals surface area contributed by atoms with Crippen LogP contribution in [0.15, 0.2) is 102 Å².